The second kappa shape index (κ2) is 5.66. The summed E-state index contributed by atoms with van der Waals surface area (Å²) in [4.78, 5) is 10.5. The van der Waals surface area contributed by atoms with E-state index in [0.29, 0.717) is 0 Å². The standard InChI is InChI=1S/C12H16FNO4S/c1-7(2)10(12(15)16)14-19(17,18)11-8(3)5-4-6-9(11)13/h4-7,10,14H,1-3H3,(H,15,16). The normalized spacial score (nSPS) is 13.5. The van der Waals surface area contributed by atoms with E-state index in [1.807, 2.05) is 4.72 Å². The van der Waals surface area contributed by atoms with Crippen LogP contribution in [-0.4, -0.2) is 25.5 Å². The predicted octanol–water partition coefficient (Wildman–Crippen LogP) is 1.52. The molecule has 0 aliphatic heterocycles. The summed E-state index contributed by atoms with van der Waals surface area (Å²) in [7, 11) is -4.22. The van der Waals surface area contributed by atoms with Gasteiger partial charge in [-0.05, 0) is 24.5 Å². The van der Waals surface area contributed by atoms with Crippen molar-refractivity contribution in [2.45, 2.75) is 31.7 Å². The molecule has 0 aliphatic carbocycles. The molecule has 0 saturated heterocycles. The smallest absolute Gasteiger partial charge is 0.322 e. The summed E-state index contributed by atoms with van der Waals surface area (Å²) in [5, 5.41) is 8.97. The minimum absolute atomic E-state index is 0.223. The van der Waals surface area contributed by atoms with E-state index in [-0.39, 0.29) is 5.56 Å². The zero-order valence-corrected chi connectivity index (χ0v) is 11.7. The highest BCUT2D eigenvalue weighted by molar-refractivity contribution is 7.89. The molecule has 0 aliphatic rings. The van der Waals surface area contributed by atoms with Gasteiger partial charge < -0.3 is 5.11 Å². The molecule has 106 valence electrons. The maximum absolute atomic E-state index is 13.6. The summed E-state index contributed by atoms with van der Waals surface area (Å²) in [5.41, 5.74) is 0.223. The van der Waals surface area contributed by atoms with Crippen molar-refractivity contribution in [1.29, 1.82) is 0 Å². The van der Waals surface area contributed by atoms with E-state index in [2.05, 4.69) is 0 Å². The lowest BCUT2D eigenvalue weighted by Crippen LogP contribution is -2.44. The number of carboxylic acids is 1. The zero-order valence-electron chi connectivity index (χ0n) is 10.8. The molecule has 0 saturated carbocycles. The maximum atomic E-state index is 13.6. The van der Waals surface area contributed by atoms with Gasteiger partial charge in [0.2, 0.25) is 10.0 Å². The van der Waals surface area contributed by atoms with Crippen LogP contribution in [-0.2, 0) is 14.8 Å². The van der Waals surface area contributed by atoms with Gasteiger partial charge in [-0.2, -0.15) is 4.72 Å². The number of hydrogen-bond donors (Lipinski definition) is 2. The second-order valence-corrected chi connectivity index (χ2v) is 6.22. The van der Waals surface area contributed by atoms with Gasteiger partial charge in [0, 0.05) is 0 Å². The third-order valence-corrected chi connectivity index (χ3v) is 4.27. The zero-order chi connectivity index (χ0) is 14.8. The van der Waals surface area contributed by atoms with Crippen LogP contribution in [0.15, 0.2) is 23.1 Å². The Morgan fingerprint density at radius 1 is 1.37 bits per heavy atom. The van der Waals surface area contributed by atoms with Crippen LogP contribution in [0.4, 0.5) is 4.39 Å². The number of rotatable bonds is 5. The highest BCUT2D eigenvalue weighted by Gasteiger charge is 2.30. The molecular formula is C12H16FNO4S. The molecule has 0 aromatic heterocycles. The molecule has 1 aromatic rings. The van der Waals surface area contributed by atoms with Crippen molar-refractivity contribution in [3.8, 4) is 0 Å². The summed E-state index contributed by atoms with van der Waals surface area (Å²) >= 11 is 0. The van der Waals surface area contributed by atoms with E-state index in [4.69, 9.17) is 5.11 Å². The Labute approximate surface area is 111 Å². The average molecular weight is 289 g/mol. The summed E-state index contributed by atoms with van der Waals surface area (Å²) < 4.78 is 39.8. The van der Waals surface area contributed by atoms with Crippen LogP contribution >= 0.6 is 0 Å². The van der Waals surface area contributed by atoms with Crippen molar-refractivity contribution < 1.29 is 22.7 Å². The number of aliphatic carboxylic acids is 1. The Bertz CT molecular complexity index is 563. The minimum atomic E-state index is -4.22. The van der Waals surface area contributed by atoms with Crippen molar-refractivity contribution in [1.82, 2.24) is 4.72 Å². The minimum Gasteiger partial charge on any atom is -0.480 e. The molecule has 0 amide bonds. The molecule has 2 N–H and O–H groups in total. The van der Waals surface area contributed by atoms with Gasteiger partial charge in [-0.3, -0.25) is 4.79 Å². The van der Waals surface area contributed by atoms with Crippen molar-refractivity contribution in [3.63, 3.8) is 0 Å². The van der Waals surface area contributed by atoms with Crippen LogP contribution in [0.1, 0.15) is 19.4 Å². The van der Waals surface area contributed by atoms with Gasteiger partial charge in [-0.1, -0.05) is 26.0 Å². The summed E-state index contributed by atoms with van der Waals surface area (Å²) in [6, 6.07) is 2.56. The largest absolute Gasteiger partial charge is 0.480 e. The summed E-state index contributed by atoms with van der Waals surface area (Å²) in [6.07, 6.45) is 0. The first-order valence-electron chi connectivity index (χ1n) is 5.67. The van der Waals surface area contributed by atoms with Gasteiger partial charge in [-0.15, -0.1) is 0 Å². The predicted molar refractivity (Wildman–Crippen MR) is 67.7 cm³/mol. The molecule has 7 heteroatoms. The van der Waals surface area contributed by atoms with Gasteiger partial charge in [0.25, 0.3) is 0 Å². The van der Waals surface area contributed by atoms with Crippen LogP contribution in [0.25, 0.3) is 0 Å². The lowest BCUT2D eigenvalue weighted by molar-refractivity contribution is -0.140. The van der Waals surface area contributed by atoms with E-state index in [0.717, 1.165) is 6.07 Å². The molecule has 19 heavy (non-hydrogen) atoms. The molecule has 0 bridgehead atoms. The Morgan fingerprint density at radius 3 is 2.37 bits per heavy atom. The van der Waals surface area contributed by atoms with Gasteiger partial charge in [0.15, 0.2) is 0 Å². The number of nitrogens with one attached hydrogen (secondary N) is 1. The Hall–Kier alpha value is -1.47. The molecule has 0 fully saturated rings. The highest BCUT2D eigenvalue weighted by Crippen LogP contribution is 2.19. The van der Waals surface area contributed by atoms with Gasteiger partial charge in [0.1, 0.15) is 16.8 Å². The fourth-order valence-corrected chi connectivity index (χ4v) is 3.30. The number of carboxylic acid groups (broad SMARTS) is 1. The van der Waals surface area contributed by atoms with Gasteiger partial charge in [0.05, 0.1) is 0 Å². The maximum Gasteiger partial charge on any atom is 0.322 e. The molecule has 1 rings (SSSR count). The molecule has 1 aromatic carbocycles. The molecule has 0 spiro atoms. The second-order valence-electron chi connectivity index (χ2n) is 4.57. The number of halogens is 1. The van der Waals surface area contributed by atoms with E-state index in [9.17, 15) is 17.6 Å². The fraction of sp³-hybridized carbons (Fsp3) is 0.417. The number of benzene rings is 1. The van der Waals surface area contributed by atoms with Crippen LogP contribution in [0.3, 0.4) is 0 Å². The third kappa shape index (κ3) is 3.51. The van der Waals surface area contributed by atoms with Crippen LogP contribution in [0, 0.1) is 18.7 Å². The number of sulfonamides is 1. The Balaban J connectivity index is 3.22. The lowest BCUT2D eigenvalue weighted by Gasteiger charge is -2.19. The summed E-state index contributed by atoms with van der Waals surface area (Å²) in [6.45, 7) is 4.58. The van der Waals surface area contributed by atoms with Crippen molar-refractivity contribution in [2.75, 3.05) is 0 Å². The third-order valence-electron chi connectivity index (χ3n) is 2.65. The molecule has 1 unspecified atom stereocenters. The number of hydrogen-bond acceptors (Lipinski definition) is 3. The van der Waals surface area contributed by atoms with E-state index < -0.39 is 38.7 Å². The van der Waals surface area contributed by atoms with E-state index >= 15 is 0 Å². The van der Waals surface area contributed by atoms with Gasteiger partial charge >= 0.3 is 5.97 Å². The lowest BCUT2D eigenvalue weighted by atomic mass is 10.1. The van der Waals surface area contributed by atoms with Crippen molar-refractivity contribution in [3.05, 3.63) is 29.6 Å². The topological polar surface area (TPSA) is 83.5 Å². The first-order valence-corrected chi connectivity index (χ1v) is 7.15. The van der Waals surface area contributed by atoms with Gasteiger partial charge in [-0.25, -0.2) is 12.8 Å². The molecular weight excluding hydrogens is 273 g/mol. The molecule has 0 radical (unpaired) electrons. The van der Waals surface area contributed by atoms with Crippen LogP contribution in [0.2, 0.25) is 0 Å². The Kier molecular flexibility index (Phi) is 4.65. The number of aryl methyl sites for hydroxylation is 1. The summed E-state index contributed by atoms with van der Waals surface area (Å²) in [5.74, 6) is -2.66. The number of carbonyl (C=O) groups is 1. The molecule has 5 nitrogen and oxygen atoms in total. The Morgan fingerprint density at radius 2 is 1.95 bits per heavy atom. The monoisotopic (exact) mass is 289 g/mol. The first-order chi connectivity index (χ1) is 8.66. The van der Waals surface area contributed by atoms with E-state index in [1.54, 1.807) is 13.8 Å². The van der Waals surface area contributed by atoms with E-state index in [1.165, 1.54) is 19.1 Å². The fourth-order valence-electron chi connectivity index (χ4n) is 1.65. The first kappa shape index (κ1) is 15.6. The quantitative estimate of drug-likeness (QED) is 0.861. The average Bonchev–Trinajstić information content (AvgIpc) is 2.24. The van der Waals surface area contributed by atoms with Crippen molar-refractivity contribution in [2.24, 2.45) is 5.92 Å². The van der Waals surface area contributed by atoms with Crippen molar-refractivity contribution >= 4 is 16.0 Å². The SMILES string of the molecule is Cc1cccc(F)c1S(=O)(=O)NC(C(=O)O)C(C)C. The van der Waals surface area contributed by atoms with Crippen LogP contribution < -0.4 is 4.72 Å². The molecule has 1 atom stereocenters. The molecule has 0 heterocycles. The van der Waals surface area contributed by atoms with Crippen LogP contribution in [0.5, 0.6) is 0 Å². The highest BCUT2D eigenvalue weighted by atomic mass is 32.2.